The first kappa shape index (κ1) is 21.0. The third-order valence-corrected chi connectivity index (χ3v) is 7.13. The molecule has 3 heterocycles. The standard InChI is InChI=1S/C24H31N5O3/c30-22(11-5-10-21-25-18-7-2-1-6-17(18)23(31)27-21)28-14-12-16(13-15-28)29-20-9-4-3-8-19(20)26-24(29)32/h3-4,8-9,12,17-18,21,25H,1-2,5-7,10-11,13-15H2,(H,26,32)(H,27,31). The molecule has 1 saturated carbocycles. The Balaban J connectivity index is 1.13. The Kier molecular flexibility index (Phi) is 5.87. The van der Waals surface area contributed by atoms with Crippen molar-refractivity contribution in [2.45, 2.75) is 63.6 Å². The largest absolute Gasteiger partial charge is 0.340 e. The Labute approximate surface area is 187 Å². The normalized spacial score (nSPS) is 25.9. The summed E-state index contributed by atoms with van der Waals surface area (Å²) in [5, 5.41) is 6.67. The fourth-order valence-electron chi connectivity index (χ4n) is 5.42. The third-order valence-electron chi connectivity index (χ3n) is 7.13. The number of rotatable bonds is 5. The van der Waals surface area contributed by atoms with Gasteiger partial charge in [-0.05, 0) is 43.9 Å². The van der Waals surface area contributed by atoms with E-state index < -0.39 is 0 Å². The number of aromatic nitrogens is 2. The van der Waals surface area contributed by atoms with Crippen molar-refractivity contribution in [2.24, 2.45) is 5.92 Å². The molecule has 1 aliphatic carbocycles. The number of carbonyl (C=O) groups excluding carboxylic acids is 2. The van der Waals surface area contributed by atoms with E-state index in [9.17, 15) is 14.4 Å². The predicted molar refractivity (Wildman–Crippen MR) is 123 cm³/mol. The van der Waals surface area contributed by atoms with Crippen molar-refractivity contribution in [3.05, 3.63) is 40.8 Å². The number of amides is 2. The average molecular weight is 438 g/mol. The molecule has 3 N–H and O–H groups in total. The van der Waals surface area contributed by atoms with Gasteiger partial charge in [-0.3, -0.25) is 19.5 Å². The molecule has 1 aromatic heterocycles. The number of carbonyl (C=O) groups is 2. The molecule has 0 radical (unpaired) electrons. The molecule has 1 saturated heterocycles. The number of imidazole rings is 1. The van der Waals surface area contributed by atoms with Crippen molar-refractivity contribution in [1.29, 1.82) is 0 Å². The number of aromatic amines is 1. The Bertz CT molecular complexity index is 1100. The van der Waals surface area contributed by atoms with Gasteiger partial charge in [-0.25, -0.2) is 4.79 Å². The summed E-state index contributed by atoms with van der Waals surface area (Å²) < 4.78 is 1.72. The van der Waals surface area contributed by atoms with Gasteiger partial charge in [-0.1, -0.05) is 25.0 Å². The topological polar surface area (TPSA) is 99.2 Å². The highest BCUT2D eigenvalue weighted by molar-refractivity contribution is 5.81. The first-order valence-corrected chi connectivity index (χ1v) is 11.8. The summed E-state index contributed by atoms with van der Waals surface area (Å²) in [5.74, 6) is 0.413. The molecular formula is C24H31N5O3. The highest BCUT2D eigenvalue weighted by atomic mass is 16.2. The first-order chi connectivity index (χ1) is 15.6. The summed E-state index contributed by atoms with van der Waals surface area (Å²) in [6.45, 7) is 1.13. The van der Waals surface area contributed by atoms with Gasteiger partial charge in [0.25, 0.3) is 0 Å². The average Bonchev–Trinajstić information content (AvgIpc) is 3.15. The summed E-state index contributed by atoms with van der Waals surface area (Å²) in [6.07, 6.45) is 8.93. The molecule has 170 valence electrons. The number of nitrogens with zero attached hydrogens (tertiary/aromatic N) is 2. The fraction of sp³-hybridized carbons (Fsp3) is 0.542. The molecule has 2 aliphatic heterocycles. The van der Waals surface area contributed by atoms with Crippen LogP contribution in [0, 0.1) is 5.92 Å². The lowest BCUT2D eigenvalue weighted by Crippen LogP contribution is -2.62. The summed E-state index contributed by atoms with van der Waals surface area (Å²) in [6, 6.07) is 7.93. The lowest BCUT2D eigenvalue weighted by molar-refractivity contribution is -0.131. The molecular weight excluding hydrogens is 406 g/mol. The van der Waals surface area contributed by atoms with Gasteiger partial charge < -0.3 is 15.2 Å². The van der Waals surface area contributed by atoms with Crippen LogP contribution in [0.4, 0.5) is 0 Å². The van der Waals surface area contributed by atoms with Crippen molar-refractivity contribution in [3.63, 3.8) is 0 Å². The van der Waals surface area contributed by atoms with Gasteiger partial charge in [0.2, 0.25) is 11.8 Å². The summed E-state index contributed by atoms with van der Waals surface area (Å²) in [5.41, 5.74) is 2.48. The van der Waals surface area contributed by atoms with Crippen LogP contribution in [-0.4, -0.2) is 51.6 Å². The van der Waals surface area contributed by atoms with E-state index in [1.807, 2.05) is 35.2 Å². The van der Waals surface area contributed by atoms with E-state index in [0.717, 1.165) is 48.8 Å². The van der Waals surface area contributed by atoms with Crippen LogP contribution in [0.3, 0.4) is 0 Å². The minimum atomic E-state index is -0.139. The Morgan fingerprint density at radius 2 is 1.97 bits per heavy atom. The van der Waals surface area contributed by atoms with Crippen LogP contribution >= 0.6 is 0 Å². The molecule has 5 rings (SSSR count). The molecule has 32 heavy (non-hydrogen) atoms. The minimum Gasteiger partial charge on any atom is -0.340 e. The fourth-order valence-corrected chi connectivity index (χ4v) is 5.42. The molecule has 2 fully saturated rings. The lowest BCUT2D eigenvalue weighted by Gasteiger charge is -2.40. The number of nitrogens with one attached hydrogen (secondary N) is 3. The molecule has 3 aliphatic rings. The van der Waals surface area contributed by atoms with Crippen molar-refractivity contribution >= 4 is 28.5 Å². The smallest absolute Gasteiger partial charge is 0.330 e. The van der Waals surface area contributed by atoms with Gasteiger partial charge in [0, 0.05) is 37.7 Å². The maximum Gasteiger partial charge on any atom is 0.330 e. The van der Waals surface area contributed by atoms with E-state index in [1.54, 1.807) is 4.57 Å². The van der Waals surface area contributed by atoms with Crippen LogP contribution in [0.25, 0.3) is 16.7 Å². The van der Waals surface area contributed by atoms with Gasteiger partial charge in [-0.15, -0.1) is 0 Å². The molecule has 2 amide bonds. The number of H-pyrrole nitrogens is 1. The monoisotopic (exact) mass is 437 g/mol. The van der Waals surface area contributed by atoms with Crippen molar-refractivity contribution < 1.29 is 9.59 Å². The van der Waals surface area contributed by atoms with Gasteiger partial charge in [0.05, 0.1) is 23.1 Å². The lowest BCUT2D eigenvalue weighted by atomic mass is 9.82. The van der Waals surface area contributed by atoms with Crippen molar-refractivity contribution in [2.75, 3.05) is 13.1 Å². The van der Waals surface area contributed by atoms with Crippen LogP contribution in [-0.2, 0) is 9.59 Å². The molecule has 1 aromatic carbocycles. The van der Waals surface area contributed by atoms with E-state index in [2.05, 4.69) is 15.6 Å². The second-order valence-electron chi connectivity index (χ2n) is 9.19. The zero-order valence-corrected chi connectivity index (χ0v) is 18.3. The zero-order valence-electron chi connectivity index (χ0n) is 18.3. The summed E-state index contributed by atoms with van der Waals surface area (Å²) in [7, 11) is 0. The SMILES string of the molecule is O=C1NC(CCCC(=O)N2CC=C(n3c(=O)[nH]c4ccccc43)CC2)NC2CCCCC12. The van der Waals surface area contributed by atoms with E-state index >= 15 is 0 Å². The zero-order chi connectivity index (χ0) is 22.1. The molecule has 0 spiro atoms. The highest BCUT2D eigenvalue weighted by Gasteiger charge is 2.37. The number of para-hydroxylation sites is 2. The maximum absolute atomic E-state index is 12.7. The van der Waals surface area contributed by atoms with Gasteiger partial charge in [-0.2, -0.15) is 0 Å². The molecule has 3 atom stereocenters. The maximum atomic E-state index is 12.7. The molecule has 3 unspecified atom stereocenters. The Hall–Kier alpha value is -2.87. The quantitative estimate of drug-likeness (QED) is 0.668. The first-order valence-electron chi connectivity index (χ1n) is 11.8. The second kappa shape index (κ2) is 8.94. The van der Waals surface area contributed by atoms with Gasteiger partial charge in [0.1, 0.15) is 0 Å². The molecule has 8 heteroatoms. The van der Waals surface area contributed by atoms with Gasteiger partial charge in [0.15, 0.2) is 0 Å². The van der Waals surface area contributed by atoms with E-state index in [1.165, 1.54) is 6.42 Å². The number of hydrogen-bond donors (Lipinski definition) is 3. The van der Waals surface area contributed by atoms with Crippen molar-refractivity contribution in [1.82, 2.24) is 25.1 Å². The third kappa shape index (κ3) is 4.11. The van der Waals surface area contributed by atoms with Crippen molar-refractivity contribution in [3.8, 4) is 0 Å². The predicted octanol–water partition coefficient (Wildman–Crippen LogP) is 2.18. The highest BCUT2D eigenvalue weighted by Crippen LogP contribution is 2.28. The number of hydrogen-bond acceptors (Lipinski definition) is 4. The molecule has 2 aromatic rings. The van der Waals surface area contributed by atoms with Crippen LogP contribution in [0.15, 0.2) is 35.1 Å². The Morgan fingerprint density at radius 1 is 1.12 bits per heavy atom. The van der Waals surface area contributed by atoms with Crippen LogP contribution in [0.1, 0.15) is 51.4 Å². The molecule has 0 bridgehead atoms. The number of benzene rings is 1. The van der Waals surface area contributed by atoms with Crippen LogP contribution in [0.2, 0.25) is 0 Å². The molecule has 8 nitrogen and oxygen atoms in total. The van der Waals surface area contributed by atoms with E-state index in [-0.39, 0.29) is 35.6 Å². The summed E-state index contributed by atoms with van der Waals surface area (Å²) in [4.78, 5) is 42.2. The van der Waals surface area contributed by atoms with E-state index in [4.69, 9.17) is 0 Å². The van der Waals surface area contributed by atoms with E-state index in [0.29, 0.717) is 25.9 Å². The van der Waals surface area contributed by atoms with Gasteiger partial charge >= 0.3 is 5.69 Å². The second-order valence-corrected chi connectivity index (χ2v) is 9.19. The Morgan fingerprint density at radius 3 is 2.81 bits per heavy atom. The summed E-state index contributed by atoms with van der Waals surface area (Å²) >= 11 is 0. The van der Waals surface area contributed by atoms with Crippen LogP contribution in [0.5, 0.6) is 0 Å². The van der Waals surface area contributed by atoms with Crippen LogP contribution < -0.4 is 16.3 Å². The minimum absolute atomic E-state index is 0.0312. The number of fused-ring (bicyclic) bond motifs is 2.